The molecule has 7 heteroatoms. The summed E-state index contributed by atoms with van der Waals surface area (Å²) < 4.78 is 36.5. The molecule has 0 unspecified atom stereocenters. The van der Waals surface area contributed by atoms with Crippen LogP contribution in [0.5, 0.6) is 5.75 Å². The summed E-state index contributed by atoms with van der Waals surface area (Å²) in [5, 5.41) is 3.16. The van der Waals surface area contributed by atoms with Gasteiger partial charge in [-0.05, 0) is 49.8 Å². The number of benzene rings is 1. The molecule has 0 aromatic heterocycles. The number of unbranched alkanes of at least 4 members (excludes halogenated alkanes) is 3. The zero-order valence-corrected chi connectivity index (χ0v) is 19.5. The number of carbonyl (C=O) groups excluding carboxylic acids is 1. The molecule has 1 heterocycles. The zero-order chi connectivity index (χ0) is 23.0. The second-order valence-electron chi connectivity index (χ2n) is 8.57. The van der Waals surface area contributed by atoms with Gasteiger partial charge < -0.3 is 14.8 Å². The van der Waals surface area contributed by atoms with Crippen molar-refractivity contribution in [1.29, 1.82) is 0 Å². The van der Waals surface area contributed by atoms with E-state index >= 15 is 0 Å². The van der Waals surface area contributed by atoms with Crippen molar-refractivity contribution in [3.05, 3.63) is 29.8 Å². The van der Waals surface area contributed by atoms with E-state index in [2.05, 4.69) is 17.1 Å². The van der Waals surface area contributed by atoms with Crippen LogP contribution >= 0.6 is 0 Å². The van der Waals surface area contributed by atoms with Crippen molar-refractivity contribution in [1.82, 2.24) is 10.2 Å². The quantitative estimate of drug-likeness (QED) is 0.353. The minimum absolute atomic E-state index is 0.0233. The molecule has 1 fully saturated rings. The molecule has 2 atom stereocenters. The minimum Gasteiger partial charge on any atom is -0.494 e. The highest BCUT2D eigenvalue weighted by Gasteiger charge is 2.25. The maximum absolute atomic E-state index is 13.6. The molecule has 1 aliphatic rings. The van der Waals surface area contributed by atoms with E-state index in [9.17, 15) is 13.6 Å². The molecule has 0 bridgehead atoms. The molecule has 5 nitrogen and oxygen atoms in total. The third kappa shape index (κ3) is 11.2. The van der Waals surface area contributed by atoms with Crippen LogP contribution in [-0.4, -0.2) is 69.2 Å². The fraction of sp³-hybridized carbons (Fsp3) is 0.720. The van der Waals surface area contributed by atoms with Crippen molar-refractivity contribution in [2.75, 3.05) is 46.1 Å². The Morgan fingerprint density at radius 1 is 1.16 bits per heavy atom. The Balaban J connectivity index is 1.81. The van der Waals surface area contributed by atoms with Gasteiger partial charge in [0.25, 0.3) is 0 Å². The molecule has 1 saturated heterocycles. The molecule has 1 amide bonds. The van der Waals surface area contributed by atoms with E-state index < -0.39 is 12.8 Å². The number of ether oxygens (including phenoxy) is 2. The Bertz CT molecular complexity index is 630. The third-order valence-corrected chi connectivity index (χ3v) is 5.64. The van der Waals surface area contributed by atoms with Crippen LogP contribution in [0.25, 0.3) is 0 Å². The van der Waals surface area contributed by atoms with E-state index in [-0.39, 0.29) is 18.6 Å². The van der Waals surface area contributed by atoms with Crippen molar-refractivity contribution in [2.24, 2.45) is 0 Å². The van der Waals surface area contributed by atoms with Gasteiger partial charge in [0.1, 0.15) is 18.6 Å². The molecule has 0 radical (unpaired) electrons. The van der Waals surface area contributed by atoms with Crippen molar-refractivity contribution in [3.63, 3.8) is 0 Å². The van der Waals surface area contributed by atoms with Crippen LogP contribution in [0, 0.1) is 0 Å². The second kappa shape index (κ2) is 16.0. The fourth-order valence-corrected chi connectivity index (χ4v) is 3.89. The molecular weight excluding hydrogens is 414 g/mol. The van der Waals surface area contributed by atoms with E-state index in [4.69, 9.17) is 9.47 Å². The minimum atomic E-state index is -0.773. The first kappa shape index (κ1) is 26.5. The van der Waals surface area contributed by atoms with E-state index in [0.29, 0.717) is 39.0 Å². The van der Waals surface area contributed by atoms with Crippen molar-refractivity contribution in [3.8, 4) is 5.75 Å². The highest BCUT2D eigenvalue weighted by molar-refractivity contribution is 5.76. The maximum atomic E-state index is 13.6. The van der Waals surface area contributed by atoms with E-state index in [1.165, 1.54) is 0 Å². The topological polar surface area (TPSA) is 50.8 Å². The standard InChI is InChI=1S/C25H40F2N2O3/c1-2-3-16-32-24-10-8-21(9-11-24)18-23(20-29-14-12-22(27)19-29)28-25(30)7-5-4-6-15-31-17-13-26/h8-11,22-23H,2-7,12-20H2,1H3,(H,28,30)/t22-,23+/m1/s1. The molecule has 1 aliphatic heterocycles. The monoisotopic (exact) mass is 454 g/mol. The zero-order valence-electron chi connectivity index (χ0n) is 19.5. The normalized spacial score (nSPS) is 17.4. The van der Waals surface area contributed by atoms with Gasteiger partial charge in [0, 0.05) is 38.7 Å². The summed E-state index contributed by atoms with van der Waals surface area (Å²) >= 11 is 0. The predicted molar refractivity (Wildman–Crippen MR) is 124 cm³/mol. The average molecular weight is 455 g/mol. The van der Waals surface area contributed by atoms with Gasteiger partial charge in [0.15, 0.2) is 0 Å². The lowest BCUT2D eigenvalue weighted by atomic mass is 10.0. The van der Waals surface area contributed by atoms with Crippen molar-refractivity contribution < 1.29 is 23.0 Å². The molecule has 0 aliphatic carbocycles. The Hall–Kier alpha value is -1.73. The molecule has 1 aromatic carbocycles. The predicted octanol–water partition coefficient (Wildman–Crippen LogP) is 4.48. The van der Waals surface area contributed by atoms with Gasteiger partial charge in [-0.2, -0.15) is 0 Å². The van der Waals surface area contributed by atoms with Crippen molar-refractivity contribution >= 4 is 5.91 Å². The number of hydrogen-bond acceptors (Lipinski definition) is 4. The summed E-state index contributed by atoms with van der Waals surface area (Å²) in [6.07, 6.45) is 5.56. The van der Waals surface area contributed by atoms with Gasteiger partial charge in [-0.25, -0.2) is 8.78 Å². The number of amides is 1. The number of halogens is 2. The summed E-state index contributed by atoms with van der Waals surface area (Å²) in [5.74, 6) is 0.883. The van der Waals surface area contributed by atoms with Gasteiger partial charge in [-0.3, -0.25) is 9.69 Å². The summed E-state index contributed by atoms with van der Waals surface area (Å²) in [6, 6.07) is 7.97. The number of alkyl halides is 2. The second-order valence-corrected chi connectivity index (χ2v) is 8.57. The summed E-state index contributed by atoms with van der Waals surface area (Å²) in [7, 11) is 0. The Morgan fingerprint density at radius 2 is 1.97 bits per heavy atom. The third-order valence-electron chi connectivity index (χ3n) is 5.64. The molecule has 0 saturated carbocycles. The van der Waals surface area contributed by atoms with Crippen LogP contribution in [0.3, 0.4) is 0 Å². The summed E-state index contributed by atoms with van der Waals surface area (Å²) in [4.78, 5) is 14.6. The molecular formula is C25H40F2N2O3. The van der Waals surface area contributed by atoms with Gasteiger partial charge in [-0.1, -0.05) is 31.9 Å². The van der Waals surface area contributed by atoms with Gasteiger partial charge in [0.05, 0.1) is 13.2 Å². The molecule has 32 heavy (non-hydrogen) atoms. The van der Waals surface area contributed by atoms with Gasteiger partial charge in [-0.15, -0.1) is 0 Å². The van der Waals surface area contributed by atoms with Gasteiger partial charge in [0.2, 0.25) is 5.91 Å². The maximum Gasteiger partial charge on any atom is 0.220 e. The van der Waals surface area contributed by atoms with E-state index in [1.807, 2.05) is 24.3 Å². The van der Waals surface area contributed by atoms with E-state index in [0.717, 1.165) is 56.6 Å². The Kier molecular flexibility index (Phi) is 13.2. The van der Waals surface area contributed by atoms with Crippen molar-refractivity contribution in [2.45, 2.75) is 70.5 Å². The van der Waals surface area contributed by atoms with Crippen LogP contribution in [-0.2, 0) is 16.0 Å². The molecule has 0 spiro atoms. The van der Waals surface area contributed by atoms with Crippen LogP contribution in [0.4, 0.5) is 8.78 Å². The lowest BCUT2D eigenvalue weighted by molar-refractivity contribution is -0.122. The molecule has 2 rings (SSSR count). The molecule has 182 valence electrons. The number of nitrogens with one attached hydrogen (secondary N) is 1. The summed E-state index contributed by atoms with van der Waals surface area (Å²) in [5.41, 5.74) is 1.12. The number of likely N-dealkylation sites (tertiary alicyclic amines) is 1. The number of carbonyl (C=O) groups is 1. The smallest absolute Gasteiger partial charge is 0.220 e. The fourth-order valence-electron chi connectivity index (χ4n) is 3.89. The average Bonchev–Trinajstić information content (AvgIpc) is 3.19. The number of hydrogen-bond donors (Lipinski definition) is 1. The lowest BCUT2D eigenvalue weighted by Crippen LogP contribution is -2.44. The number of nitrogens with zero attached hydrogens (tertiary/aromatic N) is 1. The van der Waals surface area contributed by atoms with E-state index in [1.54, 1.807) is 0 Å². The first-order valence-corrected chi connectivity index (χ1v) is 12.1. The SMILES string of the molecule is CCCCOc1ccc(C[C@@H](CN2CC[C@@H](F)C2)NC(=O)CCCCCOCCF)cc1. The lowest BCUT2D eigenvalue weighted by Gasteiger charge is -2.25. The first-order valence-electron chi connectivity index (χ1n) is 12.1. The largest absolute Gasteiger partial charge is 0.494 e. The highest BCUT2D eigenvalue weighted by Crippen LogP contribution is 2.17. The molecule has 1 N–H and O–H groups in total. The number of rotatable bonds is 17. The van der Waals surface area contributed by atoms with Crippen LogP contribution in [0.1, 0.15) is 57.4 Å². The first-order chi connectivity index (χ1) is 15.6. The summed E-state index contributed by atoms with van der Waals surface area (Å²) in [6.45, 7) is 4.89. The molecule has 1 aromatic rings. The van der Waals surface area contributed by atoms with Crippen LogP contribution in [0.15, 0.2) is 24.3 Å². The van der Waals surface area contributed by atoms with Crippen LogP contribution in [0.2, 0.25) is 0 Å². The Morgan fingerprint density at radius 3 is 2.66 bits per heavy atom. The van der Waals surface area contributed by atoms with Gasteiger partial charge >= 0.3 is 0 Å². The highest BCUT2D eigenvalue weighted by atomic mass is 19.1. The van der Waals surface area contributed by atoms with Crippen LogP contribution < -0.4 is 10.1 Å². The Labute approximate surface area is 191 Å².